The maximum atomic E-state index is 12.9. The van der Waals surface area contributed by atoms with Gasteiger partial charge < -0.3 is 10.1 Å². The number of rotatable bonds is 2. The Hall–Kier alpha value is -1.67. The summed E-state index contributed by atoms with van der Waals surface area (Å²) in [5.74, 6) is -1.13. The molecule has 0 aromatic carbocycles. The van der Waals surface area contributed by atoms with Crippen LogP contribution in [0.3, 0.4) is 0 Å². The first-order chi connectivity index (χ1) is 13.1. The molecule has 1 saturated heterocycles. The van der Waals surface area contributed by atoms with E-state index in [1.807, 2.05) is 23.6 Å². The van der Waals surface area contributed by atoms with Crippen LogP contribution in [-0.4, -0.2) is 39.5 Å². The number of aromatic nitrogens is 3. The van der Waals surface area contributed by atoms with Crippen molar-refractivity contribution < 1.29 is 17.9 Å². The molecule has 28 heavy (non-hydrogen) atoms. The van der Waals surface area contributed by atoms with Gasteiger partial charge in [0.15, 0.2) is 5.65 Å². The average molecular weight is 396 g/mol. The number of alkyl halides is 3. The third-order valence-corrected chi connectivity index (χ3v) is 5.95. The molecule has 1 saturated carbocycles. The van der Waals surface area contributed by atoms with Gasteiger partial charge in [-0.25, -0.2) is 9.50 Å². The summed E-state index contributed by atoms with van der Waals surface area (Å²) in [5.41, 5.74) is 3.31. The lowest BCUT2D eigenvalue weighted by atomic mass is 9.80. The van der Waals surface area contributed by atoms with Crippen LogP contribution < -0.4 is 5.32 Å². The maximum Gasteiger partial charge on any atom is 0.391 e. The Morgan fingerprint density at radius 3 is 2.50 bits per heavy atom. The van der Waals surface area contributed by atoms with Gasteiger partial charge >= 0.3 is 6.18 Å². The number of fused-ring (bicyclic) bond motifs is 1. The molecule has 1 aliphatic carbocycles. The van der Waals surface area contributed by atoms with Crippen molar-refractivity contribution in [3.8, 4) is 0 Å². The molecule has 1 aliphatic heterocycles. The number of ether oxygens (including phenoxy) is 1. The van der Waals surface area contributed by atoms with Crippen molar-refractivity contribution in [2.24, 2.45) is 5.92 Å². The Labute approximate surface area is 162 Å². The largest absolute Gasteiger partial charge is 0.391 e. The summed E-state index contributed by atoms with van der Waals surface area (Å²) in [5, 5.41) is 8.23. The summed E-state index contributed by atoms with van der Waals surface area (Å²) in [6.45, 7) is 7.40. The summed E-state index contributed by atoms with van der Waals surface area (Å²) in [6, 6.07) is 3.91. The Kier molecular flexibility index (Phi) is 4.90. The summed E-state index contributed by atoms with van der Waals surface area (Å²) in [6.07, 6.45) is -2.85. The van der Waals surface area contributed by atoms with Gasteiger partial charge in [-0.1, -0.05) is 0 Å². The van der Waals surface area contributed by atoms with Gasteiger partial charge in [0, 0.05) is 29.8 Å². The lowest BCUT2D eigenvalue weighted by Gasteiger charge is -2.36. The van der Waals surface area contributed by atoms with Gasteiger partial charge in [0.1, 0.15) is 6.10 Å². The number of aryl methyl sites for hydroxylation is 1. The van der Waals surface area contributed by atoms with E-state index in [4.69, 9.17) is 9.84 Å². The topological polar surface area (TPSA) is 51.5 Å². The molecule has 0 bridgehead atoms. The van der Waals surface area contributed by atoms with E-state index in [9.17, 15) is 13.2 Å². The van der Waals surface area contributed by atoms with Gasteiger partial charge in [0.2, 0.25) is 0 Å². The van der Waals surface area contributed by atoms with Gasteiger partial charge in [-0.2, -0.15) is 18.3 Å². The molecule has 8 heteroatoms. The third kappa shape index (κ3) is 3.89. The first-order valence-corrected chi connectivity index (χ1v) is 9.93. The molecule has 2 aromatic rings. The van der Waals surface area contributed by atoms with Crippen molar-refractivity contribution in [1.29, 1.82) is 0 Å². The van der Waals surface area contributed by atoms with E-state index in [1.54, 1.807) is 0 Å². The van der Waals surface area contributed by atoms with E-state index in [-0.39, 0.29) is 30.4 Å². The summed E-state index contributed by atoms with van der Waals surface area (Å²) >= 11 is 0. The second kappa shape index (κ2) is 6.99. The molecule has 4 rings (SSSR count). The van der Waals surface area contributed by atoms with Crippen LogP contribution in [0, 0.1) is 12.8 Å². The molecule has 1 atom stereocenters. The Morgan fingerprint density at radius 2 is 1.89 bits per heavy atom. The number of nitrogens with zero attached hydrogens (tertiary/aromatic N) is 3. The zero-order chi connectivity index (χ0) is 20.1. The highest BCUT2D eigenvalue weighted by molar-refractivity contribution is 5.43. The molecule has 3 heterocycles. The molecular formula is C20H27F3N4O. The van der Waals surface area contributed by atoms with E-state index in [1.165, 1.54) is 0 Å². The van der Waals surface area contributed by atoms with Crippen LogP contribution in [0.15, 0.2) is 12.1 Å². The van der Waals surface area contributed by atoms with Crippen LogP contribution in [0.25, 0.3) is 5.65 Å². The van der Waals surface area contributed by atoms with Crippen molar-refractivity contribution >= 4 is 5.65 Å². The molecule has 5 nitrogen and oxygen atoms in total. The lowest BCUT2D eigenvalue weighted by molar-refractivity contribution is -0.182. The van der Waals surface area contributed by atoms with E-state index >= 15 is 0 Å². The van der Waals surface area contributed by atoms with Gasteiger partial charge in [0.25, 0.3) is 0 Å². The van der Waals surface area contributed by atoms with E-state index in [0.29, 0.717) is 26.0 Å². The van der Waals surface area contributed by atoms with Crippen molar-refractivity contribution in [2.75, 3.05) is 13.2 Å². The number of nitrogens with one attached hydrogen (secondary N) is 1. The van der Waals surface area contributed by atoms with Gasteiger partial charge in [-0.15, -0.1) is 0 Å². The number of hydrogen-bond donors (Lipinski definition) is 1. The first kappa shape index (κ1) is 19.6. The highest BCUT2D eigenvalue weighted by atomic mass is 19.4. The molecular weight excluding hydrogens is 369 g/mol. The van der Waals surface area contributed by atoms with Crippen molar-refractivity contribution in [3.63, 3.8) is 0 Å². The van der Waals surface area contributed by atoms with Gasteiger partial charge in [-0.3, -0.25) is 0 Å². The van der Waals surface area contributed by atoms with Crippen LogP contribution in [0.2, 0.25) is 0 Å². The van der Waals surface area contributed by atoms with Crippen LogP contribution in [0.5, 0.6) is 0 Å². The third-order valence-electron chi connectivity index (χ3n) is 5.95. The smallest absolute Gasteiger partial charge is 0.369 e. The number of hydrogen-bond acceptors (Lipinski definition) is 4. The second-order valence-electron chi connectivity index (χ2n) is 8.82. The Balaban J connectivity index is 1.58. The fraction of sp³-hybridized carbons (Fsp3) is 0.700. The zero-order valence-corrected chi connectivity index (χ0v) is 16.5. The number of halogens is 3. The first-order valence-electron chi connectivity index (χ1n) is 9.93. The fourth-order valence-electron chi connectivity index (χ4n) is 4.27. The maximum absolute atomic E-state index is 12.9. The summed E-state index contributed by atoms with van der Waals surface area (Å²) in [4.78, 5) is 4.57. The van der Waals surface area contributed by atoms with Gasteiger partial charge in [-0.05, 0) is 52.5 Å². The molecule has 2 aliphatic rings. The average Bonchev–Trinajstić information content (AvgIpc) is 3.04. The quantitative estimate of drug-likeness (QED) is 0.822. The normalized spacial score (nSPS) is 28.6. The van der Waals surface area contributed by atoms with Crippen molar-refractivity contribution in [1.82, 2.24) is 19.9 Å². The number of morpholine rings is 1. The molecule has 0 spiro atoms. The van der Waals surface area contributed by atoms with E-state index < -0.39 is 12.1 Å². The minimum absolute atomic E-state index is 0.0535. The molecule has 2 aromatic heterocycles. The summed E-state index contributed by atoms with van der Waals surface area (Å²) < 4.78 is 46.7. The van der Waals surface area contributed by atoms with Crippen molar-refractivity contribution in [3.05, 3.63) is 29.2 Å². The SMILES string of the molecule is Cc1cc([C@@H]2CNC(C)(C)CO2)n2nc([C@H]3CC[C@H](C(F)(F)F)CC3)cc2n1. The lowest BCUT2D eigenvalue weighted by Crippen LogP contribution is -2.50. The molecule has 0 unspecified atom stereocenters. The van der Waals surface area contributed by atoms with Crippen LogP contribution in [0.1, 0.15) is 68.6 Å². The van der Waals surface area contributed by atoms with E-state index in [0.717, 1.165) is 22.7 Å². The highest BCUT2D eigenvalue weighted by Gasteiger charge is 2.42. The molecule has 0 radical (unpaired) electrons. The Bertz CT molecular complexity index is 843. The van der Waals surface area contributed by atoms with Crippen molar-refractivity contribution in [2.45, 2.75) is 70.2 Å². The minimum atomic E-state index is -4.09. The molecule has 1 N–H and O–H groups in total. The summed E-state index contributed by atoms with van der Waals surface area (Å²) in [7, 11) is 0. The fourth-order valence-corrected chi connectivity index (χ4v) is 4.27. The highest BCUT2D eigenvalue weighted by Crippen LogP contribution is 2.42. The second-order valence-corrected chi connectivity index (χ2v) is 8.82. The predicted octanol–water partition coefficient (Wildman–Crippen LogP) is 4.31. The molecule has 0 amide bonds. The predicted molar refractivity (Wildman–Crippen MR) is 99.3 cm³/mol. The van der Waals surface area contributed by atoms with E-state index in [2.05, 4.69) is 24.1 Å². The van der Waals surface area contributed by atoms with Gasteiger partial charge in [0.05, 0.1) is 23.9 Å². The Morgan fingerprint density at radius 1 is 1.18 bits per heavy atom. The van der Waals surface area contributed by atoms with Crippen LogP contribution in [0.4, 0.5) is 13.2 Å². The van der Waals surface area contributed by atoms with Crippen LogP contribution in [-0.2, 0) is 4.74 Å². The van der Waals surface area contributed by atoms with Crippen LogP contribution >= 0.6 is 0 Å². The standard InChI is InChI=1S/C20H27F3N4O/c1-12-8-16(17-10-24-19(2,3)11-28-17)27-18(25-12)9-15(26-27)13-4-6-14(7-5-13)20(21,22)23/h8-9,13-14,17,24H,4-7,10-11H2,1-3H3/t13-,14-,17-/m0/s1. The molecule has 2 fully saturated rings. The zero-order valence-electron chi connectivity index (χ0n) is 16.5. The minimum Gasteiger partial charge on any atom is -0.369 e. The monoisotopic (exact) mass is 396 g/mol. The molecule has 154 valence electrons.